The van der Waals surface area contributed by atoms with Crippen LogP contribution in [0, 0.1) is 5.92 Å². The van der Waals surface area contributed by atoms with Crippen molar-refractivity contribution in [3.8, 4) is 0 Å². The monoisotopic (exact) mass is 545 g/mol. The summed E-state index contributed by atoms with van der Waals surface area (Å²) in [7, 11) is 0. The van der Waals surface area contributed by atoms with Crippen molar-refractivity contribution in [3.05, 3.63) is 36.0 Å². The van der Waals surface area contributed by atoms with Gasteiger partial charge in [-0.2, -0.15) is 0 Å². The van der Waals surface area contributed by atoms with Crippen molar-refractivity contribution in [1.82, 2.24) is 20.9 Å². The van der Waals surface area contributed by atoms with Crippen molar-refractivity contribution < 1.29 is 33.9 Å². The zero-order chi connectivity index (χ0) is 29.3. The van der Waals surface area contributed by atoms with E-state index in [1.54, 1.807) is 20.0 Å². The van der Waals surface area contributed by atoms with E-state index in [2.05, 4.69) is 20.9 Å². The number of rotatable bonds is 15. The first-order valence-electron chi connectivity index (χ1n) is 12.3. The Kier molecular flexibility index (Phi) is 11.0. The number of amides is 5. The average molecular weight is 546 g/mol. The number of hydrogen-bond donors (Lipinski definition) is 8. The highest BCUT2D eigenvalue weighted by Gasteiger charge is 2.32. The highest BCUT2D eigenvalue weighted by molar-refractivity contribution is 5.96. The highest BCUT2D eigenvalue weighted by atomic mass is 16.4. The molecule has 0 aliphatic heterocycles. The smallest absolute Gasteiger partial charge is 0.326 e. The third kappa shape index (κ3) is 9.10. The van der Waals surface area contributed by atoms with E-state index >= 15 is 0 Å². The molecule has 1 aromatic carbocycles. The Morgan fingerprint density at radius 2 is 1.46 bits per heavy atom. The van der Waals surface area contributed by atoms with Crippen molar-refractivity contribution in [3.63, 3.8) is 0 Å². The Labute approximate surface area is 224 Å². The van der Waals surface area contributed by atoms with Crippen molar-refractivity contribution >= 4 is 46.4 Å². The van der Waals surface area contributed by atoms with E-state index in [1.807, 2.05) is 24.3 Å². The average Bonchev–Trinajstić information content (AvgIpc) is 3.27. The molecule has 0 aliphatic rings. The summed E-state index contributed by atoms with van der Waals surface area (Å²) in [6.45, 7) is 3.48. The Morgan fingerprint density at radius 1 is 0.872 bits per heavy atom. The van der Waals surface area contributed by atoms with Crippen molar-refractivity contribution in [2.24, 2.45) is 23.1 Å². The molecular formula is C25H35N7O7. The van der Waals surface area contributed by atoms with E-state index < -0.39 is 66.1 Å². The topological polar surface area (TPSA) is 253 Å². The molecule has 212 valence electrons. The normalized spacial score (nSPS) is 14.2. The van der Waals surface area contributed by atoms with Crippen LogP contribution in [0.3, 0.4) is 0 Å². The lowest BCUT2D eigenvalue weighted by molar-refractivity contribution is -0.142. The van der Waals surface area contributed by atoms with Crippen LogP contribution >= 0.6 is 0 Å². The first-order chi connectivity index (χ1) is 18.3. The van der Waals surface area contributed by atoms with Gasteiger partial charge in [-0.15, -0.1) is 0 Å². The third-order valence-corrected chi connectivity index (χ3v) is 6.09. The lowest BCUT2D eigenvalue weighted by Gasteiger charge is -2.25. The van der Waals surface area contributed by atoms with Crippen LogP contribution in [0.15, 0.2) is 30.5 Å². The first kappa shape index (κ1) is 30.8. The zero-order valence-corrected chi connectivity index (χ0v) is 21.7. The number of hydrogen-bond acceptors (Lipinski definition) is 7. The summed E-state index contributed by atoms with van der Waals surface area (Å²) >= 11 is 0. The molecule has 1 aromatic heterocycles. The number of fused-ring (bicyclic) bond motifs is 1. The molecule has 0 bridgehead atoms. The molecule has 0 saturated heterocycles. The largest absolute Gasteiger partial charge is 0.480 e. The molecule has 1 heterocycles. The summed E-state index contributed by atoms with van der Waals surface area (Å²) in [6.07, 6.45) is 0.412. The number of aliphatic carboxylic acids is 1. The SMILES string of the molecule is CC(C)C(N)C(=O)NC(Cc1c[nH]c2ccccc12)C(=O)NC(CC(N)=O)C(=O)NC(CCC(N)=O)C(=O)O. The van der Waals surface area contributed by atoms with E-state index in [1.165, 1.54) is 0 Å². The molecule has 2 rings (SSSR count). The molecule has 0 radical (unpaired) electrons. The second-order valence-corrected chi connectivity index (χ2v) is 9.53. The van der Waals surface area contributed by atoms with E-state index in [-0.39, 0.29) is 25.2 Å². The number of carboxylic acid groups (broad SMARTS) is 1. The van der Waals surface area contributed by atoms with Gasteiger partial charge in [0.2, 0.25) is 29.5 Å². The van der Waals surface area contributed by atoms with Crippen LogP contribution in [0.4, 0.5) is 0 Å². The predicted molar refractivity (Wildman–Crippen MR) is 140 cm³/mol. The number of aromatic nitrogens is 1. The van der Waals surface area contributed by atoms with Gasteiger partial charge in [0.15, 0.2) is 0 Å². The molecule has 11 N–H and O–H groups in total. The van der Waals surface area contributed by atoms with Crippen LogP contribution in [0.25, 0.3) is 10.9 Å². The maximum atomic E-state index is 13.4. The zero-order valence-electron chi connectivity index (χ0n) is 21.7. The van der Waals surface area contributed by atoms with Crippen LogP contribution in [0.1, 0.15) is 38.7 Å². The Hall–Kier alpha value is -4.46. The molecule has 4 atom stereocenters. The fourth-order valence-corrected chi connectivity index (χ4v) is 3.80. The van der Waals surface area contributed by atoms with Gasteiger partial charge in [-0.3, -0.25) is 24.0 Å². The fraction of sp³-hybridized carbons (Fsp3) is 0.440. The van der Waals surface area contributed by atoms with E-state index in [4.69, 9.17) is 17.2 Å². The molecule has 0 aliphatic carbocycles. The number of carbonyl (C=O) groups is 6. The summed E-state index contributed by atoms with van der Waals surface area (Å²) in [5, 5.41) is 17.4. The van der Waals surface area contributed by atoms with Gasteiger partial charge in [-0.05, 0) is 24.0 Å². The van der Waals surface area contributed by atoms with Gasteiger partial charge in [-0.25, -0.2) is 4.79 Å². The van der Waals surface area contributed by atoms with Gasteiger partial charge >= 0.3 is 5.97 Å². The van der Waals surface area contributed by atoms with Crippen LogP contribution in [0.5, 0.6) is 0 Å². The van der Waals surface area contributed by atoms with Crippen LogP contribution in [-0.4, -0.2) is 69.8 Å². The lowest BCUT2D eigenvalue weighted by Crippen LogP contribution is -2.58. The molecule has 0 saturated carbocycles. The first-order valence-corrected chi connectivity index (χ1v) is 12.3. The van der Waals surface area contributed by atoms with Gasteiger partial charge in [0.05, 0.1) is 12.5 Å². The molecule has 4 unspecified atom stereocenters. The second kappa shape index (κ2) is 13.9. The van der Waals surface area contributed by atoms with Crippen LogP contribution in [-0.2, 0) is 35.2 Å². The molecular weight excluding hydrogens is 510 g/mol. The van der Waals surface area contributed by atoms with Crippen molar-refractivity contribution in [2.75, 3.05) is 0 Å². The Bertz CT molecular complexity index is 1230. The van der Waals surface area contributed by atoms with Crippen LogP contribution in [0.2, 0.25) is 0 Å². The van der Waals surface area contributed by atoms with E-state index in [0.29, 0.717) is 5.56 Å². The number of aromatic amines is 1. The molecule has 0 spiro atoms. The highest BCUT2D eigenvalue weighted by Crippen LogP contribution is 2.19. The maximum Gasteiger partial charge on any atom is 0.326 e. The van der Waals surface area contributed by atoms with Gasteiger partial charge in [0.25, 0.3) is 0 Å². The molecule has 0 fully saturated rings. The third-order valence-electron chi connectivity index (χ3n) is 6.09. The number of carboxylic acids is 1. The summed E-state index contributed by atoms with van der Waals surface area (Å²) in [4.78, 5) is 76.4. The van der Waals surface area contributed by atoms with E-state index in [9.17, 15) is 33.9 Å². The van der Waals surface area contributed by atoms with Gasteiger partial charge in [0, 0.05) is 29.9 Å². The predicted octanol–water partition coefficient (Wildman–Crippen LogP) is -1.63. The molecule has 14 heteroatoms. The lowest BCUT2D eigenvalue weighted by atomic mass is 10.0. The number of benzene rings is 1. The van der Waals surface area contributed by atoms with Crippen LogP contribution < -0.4 is 33.2 Å². The van der Waals surface area contributed by atoms with Crippen molar-refractivity contribution in [1.29, 1.82) is 0 Å². The summed E-state index contributed by atoms with van der Waals surface area (Å²) in [5.41, 5.74) is 17.8. The molecule has 14 nitrogen and oxygen atoms in total. The second-order valence-electron chi connectivity index (χ2n) is 9.53. The quantitative estimate of drug-likeness (QED) is 0.129. The summed E-state index contributed by atoms with van der Waals surface area (Å²) in [6, 6.07) is 2.10. The number of carbonyl (C=O) groups excluding carboxylic acids is 5. The number of nitrogens with one attached hydrogen (secondary N) is 4. The number of para-hydroxylation sites is 1. The molecule has 39 heavy (non-hydrogen) atoms. The Morgan fingerprint density at radius 3 is 2.05 bits per heavy atom. The minimum Gasteiger partial charge on any atom is -0.480 e. The Balaban J connectivity index is 2.30. The van der Waals surface area contributed by atoms with Crippen molar-refractivity contribution in [2.45, 2.75) is 63.7 Å². The van der Waals surface area contributed by atoms with Gasteiger partial charge in [-0.1, -0.05) is 32.0 Å². The number of H-pyrrole nitrogens is 1. The molecule has 5 amide bonds. The minimum atomic E-state index is -1.56. The van der Waals surface area contributed by atoms with E-state index in [0.717, 1.165) is 10.9 Å². The molecule has 2 aromatic rings. The van der Waals surface area contributed by atoms with Gasteiger partial charge in [0.1, 0.15) is 18.1 Å². The fourth-order valence-electron chi connectivity index (χ4n) is 3.80. The summed E-state index contributed by atoms with van der Waals surface area (Å²) < 4.78 is 0. The van der Waals surface area contributed by atoms with Gasteiger partial charge < -0.3 is 43.2 Å². The standard InChI is InChI=1S/C25H35N7O7/c1-12(2)21(28)24(37)32-17(9-13-11-29-15-6-4-3-5-14(13)15)22(35)31-18(10-20(27)34)23(36)30-16(25(38)39)7-8-19(26)33/h3-6,11-12,16-18,21,29H,7-10,28H2,1-2H3,(H2,26,33)(H2,27,34)(H,30,36)(H,31,35)(H,32,37)(H,38,39). The number of nitrogens with two attached hydrogens (primary N) is 3. The minimum absolute atomic E-state index is 0.00761. The summed E-state index contributed by atoms with van der Waals surface area (Å²) in [5.74, 6) is -5.83. The maximum absolute atomic E-state index is 13.4. The number of primary amides is 2.